The van der Waals surface area contributed by atoms with Crippen LogP contribution in [0.25, 0.3) is 0 Å². The van der Waals surface area contributed by atoms with E-state index in [1.807, 2.05) is 6.92 Å². The Kier molecular flexibility index (Phi) is 2.12. The van der Waals surface area contributed by atoms with Gasteiger partial charge in [-0.3, -0.25) is 0 Å². The maximum Gasteiger partial charge on any atom is 0.434 e. The van der Waals surface area contributed by atoms with Crippen LogP contribution in [-0.2, 0) is 13.5 Å². The molecule has 12 heavy (non-hydrogen) atoms. The van der Waals surface area contributed by atoms with E-state index in [1.165, 1.54) is 4.57 Å². The summed E-state index contributed by atoms with van der Waals surface area (Å²) in [5.41, 5.74) is 1.66. The summed E-state index contributed by atoms with van der Waals surface area (Å²) in [6.07, 6.45) is 0.767. The van der Waals surface area contributed by atoms with E-state index in [0.717, 1.165) is 17.8 Å². The number of hydrogen-bond acceptors (Lipinski definition) is 3. The zero-order valence-electron chi connectivity index (χ0n) is 7.37. The van der Waals surface area contributed by atoms with Crippen molar-refractivity contribution in [2.75, 3.05) is 0 Å². The molecule has 0 amide bonds. The molecule has 1 aromatic heterocycles. The third kappa shape index (κ3) is 1.17. The largest absolute Gasteiger partial charge is 0.434 e. The van der Waals surface area contributed by atoms with E-state index < -0.39 is 4.92 Å². The molecule has 0 radical (unpaired) electrons. The third-order valence-corrected chi connectivity index (χ3v) is 1.89. The molecule has 0 spiro atoms. The third-order valence-electron chi connectivity index (χ3n) is 1.89. The molecule has 5 heteroatoms. The fourth-order valence-electron chi connectivity index (χ4n) is 1.31. The molecule has 0 aliphatic heterocycles. The van der Waals surface area contributed by atoms with Crippen LogP contribution in [0.15, 0.2) is 0 Å². The summed E-state index contributed by atoms with van der Waals surface area (Å²) in [4.78, 5) is 13.8. The molecule has 0 aliphatic carbocycles. The second-order valence-electron chi connectivity index (χ2n) is 2.61. The summed E-state index contributed by atoms with van der Waals surface area (Å²) in [6, 6.07) is 0. The lowest BCUT2D eigenvalue weighted by atomic mass is 10.3. The molecule has 0 aromatic carbocycles. The van der Waals surface area contributed by atoms with Crippen LogP contribution in [0.2, 0.25) is 0 Å². The Morgan fingerprint density at radius 3 is 2.50 bits per heavy atom. The van der Waals surface area contributed by atoms with E-state index >= 15 is 0 Å². The van der Waals surface area contributed by atoms with Gasteiger partial charge in [-0.15, -0.1) is 0 Å². The van der Waals surface area contributed by atoms with Gasteiger partial charge >= 0.3 is 5.95 Å². The normalized spacial score (nSPS) is 10.2. The summed E-state index contributed by atoms with van der Waals surface area (Å²) in [5.74, 6) is -0.0793. The van der Waals surface area contributed by atoms with Gasteiger partial charge in [-0.2, -0.15) is 0 Å². The van der Waals surface area contributed by atoms with Crippen LogP contribution in [0, 0.1) is 17.0 Å². The smallest absolute Gasteiger partial charge is 0.390 e. The highest BCUT2D eigenvalue weighted by Gasteiger charge is 2.19. The molecule has 0 saturated heterocycles. The van der Waals surface area contributed by atoms with Crippen molar-refractivity contribution in [3.63, 3.8) is 0 Å². The highest BCUT2D eigenvalue weighted by Crippen LogP contribution is 2.15. The first-order valence-electron chi connectivity index (χ1n) is 3.74. The van der Waals surface area contributed by atoms with E-state index in [9.17, 15) is 10.1 Å². The van der Waals surface area contributed by atoms with E-state index in [1.54, 1.807) is 14.0 Å². The lowest BCUT2D eigenvalue weighted by Gasteiger charge is -1.95. The predicted octanol–water partition coefficient (Wildman–Crippen LogP) is 1.20. The molecule has 1 aromatic rings. The Morgan fingerprint density at radius 1 is 1.67 bits per heavy atom. The minimum absolute atomic E-state index is 0.0793. The molecule has 0 saturated carbocycles. The summed E-state index contributed by atoms with van der Waals surface area (Å²) >= 11 is 0. The van der Waals surface area contributed by atoms with E-state index in [2.05, 4.69) is 4.98 Å². The summed E-state index contributed by atoms with van der Waals surface area (Å²) in [7, 11) is 1.66. The maximum atomic E-state index is 10.4. The monoisotopic (exact) mass is 169 g/mol. The van der Waals surface area contributed by atoms with Crippen LogP contribution in [-0.4, -0.2) is 14.5 Å². The summed E-state index contributed by atoms with van der Waals surface area (Å²) < 4.78 is 1.52. The molecular formula is C7H11N3O2. The van der Waals surface area contributed by atoms with Gasteiger partial charge in [-0.1, -0.05) is 11.9 Å². The number of rotatable bonds is 2. The lowest BCUT2D eigenvalue weighted by Crippen LogP contribution is -2.01. The molecule has 0 atom stereocenters. The van der Waals surface area contributed by atoms with Crippen LogP contribution < -0.4 is 0 Å². The molecule has 0 unspecified atom stereocenters. The first-order chi connectivity index (χ1) is 5.57. The molecule has 1 rings (SSSR count). The van der Waals surface area contributed by atoms with Gasteiger partial charge in [0, 0.05) is 6.42 Å². The van der Waals surface area contributed by atoms with Crippen molar-refractivity contribution >= 4 is 5.95 Å². The first-order valence-corrected chi connectivity index (χ1v) is 3.74. The quantitative estimate of drug-likeness (QED) is 0.493. The predicted molar refractivity (Wildman–Crippen MR) is 44.0 cm³/mol. The van der Waals surface area contributed by atoms with Crippen molar-refractivity contribution in [1.29, 1.82) is 0 Å². The SMILES string of the molecule is CCc1c(C)nc([N+](=O)[O-])n1C. The van der Waals surface area contributed by atoms with Crippen LogP contribution in [0.5, 0.6) is 0 Å². The minimum Gasteiger partial charge on any atom is -0.390 e. The van der Waals surface area contributed by atoms with Gasteiger partial charge < -0.3 is 10.1 Å². The van der Waals surface area contributed by atoms with Crippen molar-refractivity contribution in [1.82, 2.24) is 9.55 Å². The van der Waals surface area contributed by atoms with Crippen LogP contribution in [0.1, 0.15) is 18.3 Å². The highest BCUT2D eigenvalue weighted by molar-refractivity contribution is 5.22. The standard InChI is InChI=1S/C7H11N3O2/c1-4-6-5(2)8-7(9(6)3)10(11)12/h4H2,1-3H3. The Morgan fingerprint density at radius 2 is 2.25 bits per heavy atom. The van der Waals surface area contributed by atoms with Gasteiger partial charge in [0.15, 0.2) is 5.69 Å². The summed E-state index contributed by atoms with van der Waals surface area (Å²) in [6.45, 7) is 3.74. The average molecular weight is 169 g/mol. The number of hydrogen-bond donors (Lipinski definition) is 0. The van der Waals surface area contributed by atoms with Crippen molar-refractivity contribution in [2.45, 2.75) is 20.3 Å². The lowest BCUT2D eigenvalue weighted by molar-refractivity contribution is -0.396. The van der Waals surface area contributed by atoms with E-state index in [4.69, 9.17) is 0 Å². The molecule has 0 N–H and O–H groups in total. The van der Waals surface area contributed by atoms with Crippen molar-refractivity contribution < 1.29 is 4.92 Å². The van der Waals surface area contributed by atoms with Crippen LogP contribution in [0.3, 0.4) is 0 Å². The van der Waals surface area contributed by atoms with Gasteiger partial charge in [0.2, 0.25) is 0 Å². The molecular weight excluding hydrogens is 158 g/mol. The fraction of sp³-hybridized carbons (Fsp3) is 0.571. The Balaban J connectivity index is 3.26. The molecule has 1 heterocycles. The van der Waals surface area contributed by atoms with Crippen molar-refractivity contribution in [3.05, 3.63) is 21.5 Å². The summed E-state index contributed by atoms with van der Waals surface area (Å²) in [5, 5.41) is 10.4. The number of nitrogens with zero attached hydrogens (tertiary/aromatic N) is 3. The second kappa shape index (κ2) is 2.92. The molecule has 0 fully saturated rings. The Hall–Kier alpha value is -1.39. The van der Waals surface area contributed by atoms with Crippen molar-refractivity contribution in [2.24, 2.45) is 7.05 Å². The van der Waals surface area contributed by atoms with Gasteiger partial charge in [0.1, 0.15) is 5.69 Å². The van der Waals surface area contributed by atoms with Crippen LogP contribution >= 0.6 is 0 Å². The zero-order chi connectivity index (χ0) is 9.30. The highest BCUT2D eigenvalue weighted by atomic mass is 16.6. The zero-order valence-corrected chi connectivity index (χ0v) is 7.37. The average Bonchev–Trinajstić information content (AvgIpc) is 2.27. The molecule has 66 valence electrons. The number of aromatic nitrogens is 2. The molecule has 5 nitrogen and oxygen atoms in total. The Bertz CT molecular complexity index is 317. The maximum absolute atomic E-state index is 10.4. The van der Waals surface area contributed by atoms with Crippen molar-refractivity contribution in [3.8, 4) is 0 Å². The number of nitro groups is 1. The fourth-order valence-corrected chi connectivity index (χ4v) is 1.31. The van der Waals surface area contributed by atoms with E-state index in [-0.39, 0.29) is 5.95 Å². The number of imidazole rings is 1. The molecule has 0 aliphatic rings. The first kappa shape index (κ1) is 8.70. The Labute approximate surface area is 70.2 Å². The van der Waals surface area contributed by atoms with Crippen LogP contribution in [0.4, 0.5) is 5.95 Å². The van der Waals surface area contributed by atoms with Gasteiger partial charge in [0.05, 0.1) is 7.05 Å². The van der Waals surface area contributed by atoms with E-state index in [0.29, 0.717) is 0 Å². The molecule has 0 bridgehead atoms. The van der Waals surface area contributed by atoms with Gasteiger partial charge in [-0.05, 0) is 11.8 Å². The number of aryl methyl sites for hydroxylation is 1. The topological polar surface area (TPSA) is 61.0 Å². The van der Waals surface area contributed by atoms with Gasteiger partial charge in [-0.25, -0.2) is 4.57 Å². The minimum atomic E-state index is -0.466. The second-order valence-corrected chi connectivity index (χ2v) is 2.61. The van der Waals surface area contributed by atoms with Gasteiger partial charge in [0.25, 0.3) is 0 Å².